The van der Waals surface area contributed by atoms with Crippen molar-refractivity contribution in [2.75, 3.05) is 18.0 Å². The molecular formula is C24H24N4O3S. The SMILES string of the molecule is Cc1ccc(-n2c(N3CCC(C(=O)NCc4ccco4)CC3)nc3ccsc3c2=O)cc1. The van der Waals surface area contributed by atoms with Crippen molar-refractivity contribution in [2.24, 2.45) is 5.92 Å². The highest BCUT2D eigenvalue weighted by molar-refractivity contribution is 7.17. The van der Waals surface area contributed by atoms with Crippen molar-refractivity contribution in [3.05, 3.63) is 75.8 Å². The first-order valence-electron chi connectivity index (χ1n) is 10.7. The number of amides is 1. The van der Waals surface area contributed by atoms with Crippen molar-refractivity contribution < 1.29 is 9.21 Å². The Labute approximate surface area is 189 Å². The van der Waals surface area contributed by atoms with Crippen LogP contribution in [0.15, 0.2) is 63.3 Å². The maximum Gasteiger partial charge on any atom is 0.277 e. The number of nitrogens with one attached hydrogen (secondary N) is 1. The number of carbonyl (C=O) groups excluding carboxylic acids is 1. The van der Waals surface area contributed by atoms with Gasteiger partial charge in [0, 0.05) is 19.0 Å². The number of nitrogens with zero attached hydrogens (tertiary/aromatic N) is 3. The maximum atomic E-state index is 13.3. The molecule has 0 atom stereocenters. The van der Waals surface area contributed by atoms with Gasteiger partial charge >= 0.3 is 0 Å². The standard InChI is InChI=1S/C24H24N4O3S/c1-16-4-6-18(7-5-16)28-23(30)21-20(10-14-32-21)26-24(28)27-11-8-17(9-12-27)22(29)25-15-19-3-2-13-31-19/h2-7,10,13-14,17H,8-9,11-12,15H2,1H3,(H,25,29). The van der Waals surface area contributed by atoms with E-state index in [1.807, 2.05) is 54.8 Å². The zero-order valence-electron chi connectivity index (χ0n) is 17.8. The van der Waals surface area contributed by atoms with Crippen LogP contribution in [0.1, 0.15) is 24.2 Å². The Morgan fingerprint density at radius 3 is 2.69 bits per heavy atom. The Morgan fingerprint density at radius 1 is 1.19 bits per heavy atom. The third kappa shape index (κ3) is 3.93. The summed E-state index contributed by atoms with van der Waals surface area (Å²) in [6.07, 6.45) is 3.01. The van der Waals surface area contributed by atoms with E-state index in [-0.39, 0.29) is 17.4 Å². The molecule has 0 radical (unpaired) electrons. The largest absolute Gasteiger partial charge is 0.467 e. The van der Waals surface area contributed by atoms with E-state index in [0.717, 1.165) is 22.5 Å². The highest BCUT2D eigenvalue weighted by Crippen LogP contribution is 2.26. The number of hydrogen-bond donors (Lipinski definition) is 1. The molecule has 1 amide bonds. The fourth-order valence-corrected chi connectivity index (χ4v) is 4.87. The van der Waals surface area contributed by atoms with Gasteiger partial charge in [0.05, 0.1) is 24.0 Å². The number of anilines is 1. The van der Waals surface area contributed by atoms with Crippen LogP contribution in [0.25, 0.3) is 15.9 Å². The summed E-state index contributed by atoms with van der Waals surface area (Å²) in [5, 5.41) is 4.86. The van der Waals surface area contributed by atoms with Crippen LogP contribution >= 0.6 is 11.3 Å². The lowest BCUT2D eigenvalue weighted by Crippen LogP contribution is -2.42. The molecule has 32 heavy (non-hydrogen) atoms. The molecule has 3 aromatic heterocycles. The summed E-state index contributed by atoms with van der Waals surface area (Å²) < 4.78 is 7.64. The number of fused-ring (bicyclic) bond motifs is 1. The molecule has 1 aromatic carbocycles. The first kappa shape index (κ1) is 20.5. The van der Waals surface area contributed by atoms with Crippen LogP contribution in [0.4, 0.5) is 5.95 Å². The second-order valence-corrected chi connectivity index (χ2v) is 9.00. The minimum absolute atomic E-state index is 0.0400. The summed E-state index contributed by atoms with van der Waals surface area (Å²) in [6, 6.07) is 13.5. The van der Waals surface area contributed by atoms with E-state index in [4.69, 9.17) is 9.40 Å². The third-order valence-corrected chi connectivity index (χ3v) is 6.81. The highest BCUT2D eigenvalue weighted by atomic mass is 32.1. The molecule has 1 N–H and O–H groups in total. The minimum Gasteiger partial charge on any atom is -0.467 e. The number of hydrogen-bond acceptors (Lipinski definition) is 6. The molecule has 0 aliphatic carbocycles. The number of benzene rings is 1. The lowest BCUT2D eigenvalue weighted by Gasteiger charge is -2.33. The summed E-state index contributed by atoms with van der Waals surface area (Å²) in [5.41, 5.74) is 2.60. The van der Waals surface area contributed by atoms with Crippen molar-refractivity contribution >= 4 is 33.4 Å². The number of furan rings is 1. The predicted molar refractivity (Wildman–Crippen MR) is 125 cm³/mol. The monoisotopic (exact) mass is 448 g/mol. The smallest absolute Gasteiger partial charge is 0.277 e. The zero-order chi connectivity index (χ0) is 22.1. The molecule has 4 aromatic rings. The van der Waals surface area contributed by atoms with Gasteiger partial charge in [-0.2, -0.15) is 0 Å². The molecular weight excluding hydrogens is 424 g/mol. The average Bonchev–Trinajstić information content (AvgIpc) is 3.50. The van der Waals surface area contributed by atoms with Crippen molar-refractivity contribution in [2.45, 2.75) is 26.3 Å². The maximum absolute atomic E-state index is 13.3. The van der Waals surface area contributed by atoms with E-state index >= 15 is 0 Å². The summed E-state index contributed by atoms with van der Waals surface area (Å²) in [5.74, 6) is 1.36. The summed E-state index contributed by atoms with van der Waals surface area (Å²) in [4.78, 5) is 32.9. The normalized spacial score (nSPS) is 14.7. The van der Waals surface area contributed by atoms with Gasteiger partial charge in [-0.15, -0.1) is 11.3 Å². The average molecular weight is 449 g/mol. The summed E-state index contributed by atoms with van der Waals surface area (Å²) in [7, 11) is 0. The Balaban J connectivity index is 1.38. The van der Waals surface area contributed by atoms with Gasteiger partial charge in [-0.3, -0.25) is 9.59 Å². The molecule has 8 heteroatoms. The Kier molecular flexibility index (Phi) is 5.53. The van der Waals surface area contributed by atoms with Crippen LogP contribution in [-0.4, -0.2) is 28.5 Å². The lowest BCUT2D eigenvalue weighted by molar-refractivity contribution is -0.125. The summed E-state index contributed by atoms with van der Waals surface area (Å²) >= 11 is 1.41. The van der Waals surface area contributed by atoms with Gasteiger partial charge in [-0.1, -0.05) is 17.7 Å². The fraction of sp³-hybridized carbons (Fsp3) is 0.292. The van der Waals surface area contributed by atoms with Gasteiger partial charge in [-0.05, 0) is 55.5 Å². The van der Waals surface area contributed by atoms with Gasteiger partial charge in [0.1, 0.15) is 10.5 Å². The van der Waals surface area contributed by atoms with Crippen LogP contribution < -0.4 is 15.8 Å². The predicted octanol–water partition coefficient (Wildman–Crippen LogP) is 3.88. The van der Waals surface area contributed by atoms with Gasteiger partial charge in [0.2, 0.25) is 11.9 Å². The second kappa shape index (κ2) is 8.63. The zero-order valence-corrected chi connectivity index (χ0v) is 18.6. The molecule has 1 aliphatic heterocycles. The van der Waals surface area contributed by atoms with Crippen LogP contribution in [0.2, 0.25) is 0 Å². The van der Waals surface area contributed by atoms with Crippen LogP contribution in [0.5, 0.6) is 0 Å². The van der Waals surface area contributed by atoms with E-state index in [9.17, 15) is 9.59 Å². The minimum atomic E-state index is -0.0642. The summed E-state index contributed by atoms with van der Waals surface area (Å²) in [6.45, 7) is 3.74. The first-order chi connectivity index (χ1) is 15.6. The van der Waals surface area contributed by atoms with Gasteiger partial charge in [-0.25, -0.2) is 9.55 Å². The molecule has 5 rings (SSSR count). The molecule has 0 spiro atoms. The quantitative estimate of drug-likeness (QED) is 0.501. The van der Waals surface area contributed by atoms with Gasteiger partial charge < -0.3 is 14.6 Å². The molecule has 1 aliphatic rings. The highest BCUT2D eigenvalue weighted by Gasteiger charge is 2.28. The Morgan fingerprint density at radius 2 is 1.97 bits per heavy atom. The Hall–Kier alpha value is -3.39. The van der Waals surface area contributed by atoms with E-state index in [1.165, 1.54) is 11.3 Å². The number of rotatable bonds is 5. The lowest BCUT2D eigenvalue weighted by atomic mass is 9.96. The number of aromatic nitrogens is 2. The fourth-order valence-electron chi connectivity index (χ4n) is 4.11. The van der Waals surface area contributed by atoms with Crippen LogP contribution in [0, 0.1) is 12.8 Å². The molecule has 1 saturated heterocycles. The third-order valence-electron chi connectivity index (χ3n) is 5.92. The van der Waals surface area contributed by atoms with Crippen molar-refractivity contribution in [3.63, 3.8) is 0 Å². The second-order valence-electron chi connectivity index (χ2n) is 8.08. The van der Waals surface area contributed by atoms with Crippen LogP contribution in [-0.2, 0) is 11.3 Å². The van der Waals surface area contributed by atoms with E-state index < -0.39 is 0 Å². The molecule has 0 saturated carbocycles. The molecule has 164 valence electrons. The molecule has 0 unspecified atom stereocenters. The van der Waals surface area contributed by atoms with E-state index in [1.54, 1.807) is 10.8 Å². The number of thiophene rings is 1. The van der Waals surface area contributed by atoms with Crippen molar-refractivity contribution in [3.8, 4) is 5.69 Å². The topological polar surface area (TPSA) is 80.4 Å². The van der Waals surface area contributed by atoms with E-state index in [0.29, 0.717) is 43.1 Å². The van der Waals surface area contributed by atoms with Crippen molar-refractivity contribution in [1.29, 1.82) is 0 Å². The van der Waals surface area contributed by atoms with Crippen LogP contribution in [0.3, 0.4) is 0 Å². The molecule has 0 bridgehead atoms. The molecule has 7 nitrogen and oxygen atoms in total. The number of piperidine rings is 1. The van der Waals surface area contributed by atoms with E-state index in [2.05, 4.69) is 10.2 Å². The molecule has 1 fully saturated rings. The van der Waals surface area contributed by atoms with Gasteiger partial charge in [0.15, 0.2) is 0 Å². The molecule has 4 heterocycles. The first-order valence-corrected chi connectivity index (χ1v) is 11.6. The number of carbonyl (C=O) groups is 1. The Bertz CT molecular complexity index is 1280. The van der Waals surface area contributed by atoms with Crippen molar-refractivity contribution in [1.82, 2.24) is 14.9 Å². The van der Waals surface area contributed by atoms with Gasteiger partial charge in [0.25, 0.3) is 5.56 Å². The number of aryl methyl sites for hydroxylation is 1.